The van der Waals surface area contributed by atoms with E-state index in [4.69, 9.17) is 5.73 Å². The number of anilines is 1. The van der Waals surface area contributed by atoms with Crippen LogP contribution in [0.4, 0.5) is 5.69 Å². The Labute approximate surface area is 109 Å². The molecule has 0 saturated carbocycles. The number of halogens is 1. The number of benzene rings is 1. The van der Waals surface area contributed by atoms with Crippen LogP contribution >= 0.6 is 12.4 Å². The third-order valence-electron chi connectivity index (χ3n) is 2.52. The fraction of sp³-hybridized carbons (Fsp3) is 0.462. The second-order valence-electron chi connectivity index (χ2n) is 4.22. The standard InChI is InChI=1S/C13H20N2O.ClH/c1-4-11-8-12(6-5-9(11)2)15-13(16)7-10(3)14;/h5-6,8,10H,4,7,14H2,1-3H3,(H,15,16);1H. The van der Waals surface area contributed by atoms with Crippen molar-refractivity contribution in [1.82, 2.24) is 0 Å². The molecule has 0 aliphatic heterocycles. The van der Waals surface area contributed by atoms with E-state index in [0.29, 0.717) is 6.42 Å². The molecule has 1 aromatic carbocycles. The van der Waals surface area contributed by atoms with Gasteiger partial charge in [-0.05, 0) is 43.5 Å². The third kappa shape index (κ3) is 5.20. The number of hydrogen-bond donors (Lipinski definition) is 2. The van der Waals surface area contributed by atoms with Crippen LogP contribution in [-0.4, -0.2) is 11.9 Å². The van der Waals surface area contributed by atoms with Crippen LogP contribution in [0.25, 0.3) is 0 Å². The van der Waals surface area contributed by atoms with Gasteiger partial charge in [-0.3, -0.25) is 4.79 Å². The molecule has 0 fully saturated rings. The van der Waals surface area contributed by atoms with Gasteiger partial charge in [0.25, 0.3) is 0 Å². The summed E-state index contributed by atoms with van der Waals surface area (Å²) in [6.07, 6.45) is 1.33. The lowest BCUT2D eigenvalue weighted by Gasteiger charge is -2.10. The first-order valence-electron chi connectivity index (χ1n) is 5.68. The highest BCUT2D eigenvalue weighted by molar-refractivity contribution is 5.91. The van der Waals surface area contributed by atoms with Gasteiger partial charge in [0.2, 0.25) is 5.91 Å². The fourth-order valence-corrected chi connectivity index (χ4v) is 1.63. The summed E-state index contributed by atoms with van der Waals surface area (Å²) in [6.45, 7) is 6.01. The van der Waals surface area contributed by atoms with Gasteiger partial charge in [-0.1, -0.05) is 13.0 Å². The third-order valence-corrected chi connectivity index (χ3v) is 2.52. The largest absolute Gasteiger partial charge is 0.327 e. The number of hydrogen-bond acceptors (Lipinski definition) is 2. The second-order valence-corrected chi connectivity index (χ2v) is 4.22. The molecule has 96 valence electrons. The maximum absolute atomic E-state index is 11.5. The molecule has 0 saturated heterocycles. The van der Waals surface area contributed by atoms with Gasteiger partial charge in [0, 0.05) is 18.2 Å². The molecule has 1 aromatic rings. The van der Waals surface area contributed by atoms with Crippen molar-refractivity contribution in [1.29, 1.82) is 0 Å². The van der Waals surface area contributed by atoms with E-state index in [1.807, 2.05) is 25.1 Å². The zero-order valence-electron chi connectivity index (χ0n) is 10.6. The summed E-state index contributed by atoms with van der Waals surface area (Å²) in [6, 6.07) is 5.87. The Bertz CT molecular complexity index is 378. The molecule has 0 radical (unpaired) electrons. The molecule has 1 rings (SSSR count). The Balaban J connectivity index is 0.00000256. The number of carbonyl (C=O) groups is 1. The molecule has 3 N–H and O–H groups in total. The molecule has 0 bridgehead atoms. The lowest BCUT2D eigenvalue weighted by Crippen LogP contribution is -2.24. The summed E-state index contributed by atoms with van der Waals surface area (Å²) < 4.78 is 0. The van der Waals surface area contributed by atoms with Crippen molar-refractivity contribution in [2.24, 2.45) is 5.73 Å². The smallest absolute Gasteiger partial charge is 0.225 e. The molecule has 1 unspecified atom stereocenters. The van der Waals surface area contributed by atoms with Crippen molar-refractivity contribution in [3.63, 3.8) is 0 Å². The van der Waals surface area contributed by atoms with Crippen molar-refractivity contribution in [2.45, 2.75) is 39.7 Å². The molecule has 17 heavy (non-hydrogen) atoms. The molecule has 0 aromatic heterocycles. The van der Waals surface area contributed by atoms with Crippen LogP contribution < -0.4 is 11.1 Å². The predicted octanol–water partition coefficient (Wildman–Crippen LogP) is 2.66. The molecule has 1 amide bonds. The molecular weight excluding hydrogens is 236 g/mol. The van der Waals surface area contributed by atoms with Crippen LogP contribution in [0.2, 0.25) is 0 Å². The Morgan fingerprint density at radius 3 is 2.65 bits per heavy atom. The van der Waals surface area contributed by atoms with E-state index < -0.39 is 0 Å². The van der Waals surface area contributed by atoms with Gasteiger partial charge in [0.05, 0.1) is 0 Å². The molecular formula is C13H21ClN2O. The molecule has 0 aliphatic carbocycles. The minimum Gasteiger partial charge on any atom is -0.327 e. The zero-order valence-corrected chi connectivity index (χ0v) is 11.4. The highest BCUT2D eigenvalue weighted by Gasteiger charge is 2.06. The minimum absolute atomic E-state index is 0. The van der Waals surface area contributed by atoms with Crippen molar-refractivity contribution in [3.05, 3.63) is 29.3 Å². The summed E-state index contributed by atoms with van der Waals surface area (Å²) in [5.74, 6) is -0.0269. The van der Waals surface area contributed by atoms with E-state index in [1.54, 1.807) is 0 Å². The summed E-state index contributed by atoms with van der Waals surface area (Å²) in [4.78, 5) is 11.5. The maximum atomic E-state index is 11.5. The molecule has 0 aliphatic rings. The van der Waals surface area contributed by atoms with Gasteiger partial charge in [-0.25, -0.2) is 0 Å². The number of amides is 1. The fourth-order valence-electron chi connectivity index (χ4n) is 1.63. The summed E-state index contributed by atoms with van der Waals surface area (Å²) in [5, 5.41) is 2.86. The number of nitrogens with two attached hydrogens (primary N) is 1. The van der Waals surface area contributed by atoms with Gasteiger partial charge in [0.15, 0.2) is 0 Å². The van der Waals surface area contributed by atoms with Crippen LogP contribution in [-0.2, 0) is 11.2 Å². The van der Waals surface area contributed by atoms with E-state index in [-0.39, 0.29) is 24.4 Å². The maximum Gasteiger partial charge on any atom is 0.225 e. The van der Waals surface area contributed by atoms with Crippen LogP contribution in [0.5, 0.6) is 0 Å². The second kappa shape index (κ2) is 7.30. The quantitative estimate of drug-likeness (QED) is 0.870. The van der Waals surface area contributed by atoms with Gasteiger partial charge >= 0.3 is 0 Å². The van der Waals surface area contributed by atoms with Crippen molar-refractivity contribution in [2.75, 3.05) is 5.32 Å². The topological polar surface area (TPSA) is 55.1 Å². The Morgan fingerprint density at radius 1 is 1.47 bits per heavy atom. The average Bonchev–Trinajstić information content (AvgIpc) is 2.19. The van der Waals surface area contributed by atoms with Crippen molar-refractivity contribution < 1.29 is 4.79 Å². The SMILES string of the molecule is CCc1cc(NC(=O)CC(C)N)ccc1C.Cl. The van der Waals surface area contributed by atoms with Gasteiger partial charge in [0.1, 0.15) is 0 Å². The van der Waals surface area contributed by atoms with E-state index in [9.17, 15) is 4.79 Å². The highest BCUT2D eigenvalue weighted by atomic mass is 35.5. The van der Waals surface area contributed by atoms with E-state index >= 15 is 0 Å². The highest BCUT2D eigenvalue weighted by Crippen LogP contribution is 2.16. The summed E-state index contributed by atoms with van der Waals surface area (Å²) in [7, 11) is 0. The van der Waals surface area contributed by atoms with Crippen LogP contribution in [0.15, 0.2) is 18.2 Å². The molecule has 0 spiro atoms. The van der Waals surface area contributed by atoms with Crippen molar-refractivity contribution >= 4 is 24.0 Å². The monoisotopic (exact) mass is 256 g/mol. The summed E-state index contributed by atoms with van der Waals surface area (Å²) in [5.41, 5.74) is 8.94. The number of aryl methyl sites for hydroxylation is 2. The Morgan fingerprint density at radius 2 is 2.12 bits per heavy atom. The summed E-state index contributed by atoms with van der Waals surface area (Å²) >= 11 is 0. The van der Waals surface area contributed by atoms with Crippen LogP contribution in [0.3, 0.4) is 0 Å². The van der Waals surface area contributed by atoms with E-state index in [1.165, 1.54) is 11.1 Å². The molecule has 0 heterocycles. The van der Waals surface area contributed by atoms with Crippen LogP contribution in [0.1, 0.15) is 31.4 Å². The molecule has 3 nitrogen and oxygen atoms in total. The van der Waals surface area contributed by atoms with Crippen molar-refractivity contribution in [3.8, 4) is 0 Å². The van der Waals surface area contributed by atoms with Gasteiger partial charge < -0.3 is 11.1 Å². The van der Waals surface area contributed by atoms with Gasteiger partial charge in [-0.15, -0.1) is 12.4 Å². The lowest BCUT2D eigenvalue weighted by molar-refractivity contribution is -0.116. The Hall–Kier alpha value is -1.06. The number of rotatable bonds is 4. The number of carbonyl (C=O) groups excluding carboxylic acids is 1. The normalized spacial score (nSPS) is 11.5. The van der Waals surface area contributed by atoms with E-state index in [0.717, 1.165) is 12.1 Å². The first-order chi connectivity index (χ1) is 7.52. The number of nitrogens with one attached hydrogen (secondary N) is 1. The molecule has 4 heteroatoms. The zero-order chi connectivity index (χ0) is 12.1. The first-order valence-corrected chi connectivity index (χ1v) is 5.68. The minimum atomic E-state index is -0.101. The van der Waals surface area contributed by atoms with Gasteiger partial charge in [-0.2, -0.15) is 0 Å². The Kier molecular flexibility index (Phi) is 6.85. The average molecular weight is 257 g/mol. The predicted molar refractivity (Wildman–Crippen MR) is 74.7 cm³/mol. The van der Waals surface area contributed by atoms with E-state index in [2.05, 4.69) is 19.2 Å². The first kappa shape index (κ1) is 15.9. The lowest BCUT2D eigenvalue weighted by atomic mass is 10.1. The molecule has 1 atom stereocenters. The van der Waals surface area contributed by atoms with Crippen LogP contribution in [0, 0.1) is 6.92 Å².